The van der Waals surface area contributed by atoms with Crippen molar-refractivity contribution in [3.63, 3.8) is 0 Å². The summed E-state index contributed by atoms with van der Waals surface area (Å²) in [6.07, 6.45) is -0.495. The first-order valence-corrected chi connectivity index (χ1v) is 10.6. The number of hydrogen-bond donors (Lipinski definition) is 3. The van der Waals surface area contributed by atoms with E-state index in [1.165, 1.54) is 0 Å². The first-order chi connectivity index (χ1) is 14.7. The minimum atomic E-state index is -1.34. The molecule has 0 spiro atoms. The highest BCUT2D eigenvalue weighted by molar-refractivity contribution is 6.31. The maximum atomic E-state index is 14.0. The van der Waals surface area contributed by atoms with Gasteiger partial charge in [0.2, 0.25) is 5.54 Å². The molecule has 4 rings (SSSR count). The van der Waals surface area contributed by atoms with E-state index in [9.17, 15) is 14.7 Å². The zero-order valence-corrected chi connectivity index (χ0v) is 18.8. The molecular formula is C23H27ClN3O4+. The van der Waals surface area contributed by atoms with Crippen LogP contribution in [0.1, 0.15) is 23.1 Å². The summed E-state index contributed by atoms with van der Waals surface area (Å²) >= 11 is 6.39. The molecule has 3 N–H and O–H groups in total. The topological polar surface area (TPSA) is 87.7 Å². The Morgan fingerprint density at radius 1 is 1.29 bits per heavy atom. The number of ether oxygens (including phenoxy) is 1. The second-order valence-electron chi connectivity index (χ2n) is 8.53. The van der Waals surface area contributed by atoms with Gasteiger partial charge in [-0.15, -0.1) is 0 Å². The van der Waals surface area contributed by atoms with E-state index in [4.69, 9.17) is 16.3 Å². The predicted molar refractivity (Wildman–Crippen MR) is 118 cm³/mol. The van der Waals surface area contributed by atoms with Gasteiger partial charge < -0.3 is 20.5 Å². The number of carbonyl (C=O) groups excluding carboxylic acids is 2. The van der Waals surface area contributed by atoms with Gasteiger partial charge in [-0.1, -0.05) is 23.2 Å². The molecule has 31 heavy (non-hydrogen) atoms. The molecule has 4 atom stereocenters. The van der Waals surface area contributed by atoms with Crippen LogP contribution in [0.4, 0.5) is 5.69 Å². The number of carbonyl (C=O) groups is 2. The van der Waals surface area contributed by atoms with Gasteiger partial charge >= 0.3 is 0 Å². The van der Waals surface area contributed by atoms with E-state index >= 15 is 0 Å². The maximum Gasteiger partial charge on any atom is 0.295 e. The smallest absolute Gasteiger partial charge is 0.295 e. The molecule has 7 nitrogen and oxygen atoms in total. The van der Waals surface area contributed by atoms with Gasteiger partial charge in [-0.3, -0.25) is 14.1 Å². The van der Waals surface area contributed by atoms with E-state index in [1.54, 1.807) is 32.4 Å². The Hall–Kier alpha value is -2.61. The summed E-state index contributed by atoms with van der Waals surface area (Å²) < 4.78 is 5.66. The zero-order valence-electron chi connectivity index (χ0n) is 18.0. The molecule has 2 heterocycles. The molecule has 0 radical (unpaired) electrons. The quantitative estimate of drug-likeness (QED) is 0.631. The number of aliphatic hydroxyl groups excluding tert-OH is 1. The fraction of sp³-hybridized carbons (Fsp3) is 0.391. The molecule has 2 aromatic carbocycles. The number of benzene rings is 2. The molecular weight excluding hydrogens is 418 g/mol. The molecule has 2 aliphatic rings. The van der Waals surface area contributed by atoms with Crippen LogP contribution in [0.5, 0.6) is 5.75 Å². The third-order valence-electron chi connectivity index (χ3n) is 6.78. The number of likely N-dealkylation sites (tertiary alicyclic amines) is 1. The van der Waals surface area contributed by atoms with Crippen molar-refractivity contribution in [2.45, 2.75) is 31.0 Å². The fourth-order valence-electron chi connectivity index (χ4n) is 5.45. The normalized spacial score (nSPS) is 29.4. The molecule has 1 saturated heterocycles. The average Bonchev–Trinajstić information content (AvgIpc) is 3.20. The molecule has 0 aromatic heterocycles. The lowest BCUT2D eigenvalue weighted by molar-refractivity contribution is -0.953. The molecule has 164 valence electrons. The third-order valence-corrected chi connectivity index (χ3v) is 7.02. The summed E-state index contributed by atoms with van der Waals surface area (Å²) in [4.78, 5) is 26.9. The highest BCUT2D eigenvalue weighted by atomic mass is 35.5. The molecule has 0 saturated carbocycles. The van der Waals surface area contributed by atoms with E-state index in [2.05, 4.69) is 10.6 Å². The summed E-state index contributed by atoms with van der Waals surface area (Å²) in [7, 11) is 4.98. The van der Waals surface area contributed by atoms with Crippen molar-refractivity contribution in [1.82, 2.24) is 5.32 Å². The van der Waals surface area contributed by atoms with Crippen molar-refractivity contribution in [3.8, 4) is 5.75 Å². The molecule has 1 fully saturated rings. The van der Waals surface area contributed by atoms with Crippen molar-refractivity contribution in [3.05, 3.63) is 58.1 Å². The van der Waals surface area contributed by atoms with Crippen molar-refractivity contribution in [1.29, 1.82) is 0 Å². The van der Waals surface area contributed by atoms with Crippen LogP contribution in [0, 0.1) is 6.92 Å². The van der Waals surface area contributed by atoms with Gasteiger partial charge in [-0.05, 0) is 37.3 Å². The van der Waals surface area contributed by atoms with Crippen LogP contribution in [0.15, 0.2) is 36.4 Å². The van der Waals surface area contributed by atoms with Gasteiger partial charge in [0.1, 0.15) is 18.4 Å². The minimum Gasteiger partial charge on any atom is -0.496 e. The van der Waals surface area contributed by atoms with Crippen LogP contribution >= 0.6 is 11.6 Å². The van der Waals surface area contributed by atoms with E-state index in [0.29, 0.717) is 27.6 Å². The van der Waals surface area contributed by atoms with Crippen LogP contribution in [0.2, 0.25) is 5.02 Å². The lowest BCUT2D eigenvalue weighted by Gasteiger charge is -2.48. The Morgan fingerprint density at radius 2 is 2.03 bits per heavy atom. The second-order valence-corrected chi connectivity index (χ2v) is 8.96. The van der Waals surface area contributed by atoms with Crippen molar-refractivity contribution >= 4 is 29.1 Å². The van der Waals surface area contributed by atoms with Gasteiger partial charge in [-0.2, -0.15) is 0 Å². The number of rotatable bonds is 4. The number of amides is 2. The fourth-order valence-corrected chi connectivity index (χ4v) is 5.62. The number of nitrogens with one attached hydrogen (secondary N) is 2. The van der Waals surface area contributed by atoms with Crippen LogP contribution in [-0.2, 0) is 15.1 Å². The number of nitrogens with zero attached hydrogens (tertiary/aromatic N) is 1. The zero-order chi connectivity index (χ0) is 22.6. The number of halogens is 1. The number of fused-ring (bicyclic) bond motifs is 1. The summed E-state index contributed by atoms with van der Waals surface area (Å²) in [5.41, 5.74) is 1.54. The first-order valence-electron chi connectivity index (χ1n) is 10.2. The molecule has 2 aliphatic heterocycles. The summed E-state index contributed by atoms with van der Waals surface area (Å²) in [5, 5.41) is 16.9. The average molecular weight is 445 g/mol. The summed E-state index contributed by atoms with van der Waals surface area (Å²) in [6, 6.07) is 10.3. The summed E-state index contributed by atoms with van der Waals surface area (Å²) in [5.74, 6) is 0.0254. The van der Waals surface area contributed by atoms with E-state index in [1.807, 2.05) is 32.2 Å². The maximum absolute atomic E-state index is 14.0. The number of methoxy groups -OCH3 is 1. The van der Waals surface area contributed by atoms with Crippen molar-refractivity contribution in [2.75, 3.05) is 33.1 Å². The number of aliphatic hydroxyl groups is 1. The van der Waals surface area contributed by atoms with Gasteiger partial charge in [-0.25, -0.2) is 0 Å². The Bertz CT molecular complexity index is 1070. The highest BCUT2D eigenvalue weighted by Crippen LogP contribution is 2.55. The van der Waals surface area contributed by atoms with Crippen LogP contribution in [0.3, 0.4) is 0 Å². The molecule has 2 aromatic rings. The number of hydrogen-bond acceptors (Lipinski definition) is 4. The van der Waals surface area contributed by atoms with Crippen molar-refractivity contribution in [2.24, 2.45) is 0 Å². The Balaban J connectivity index is 2.13. The molecule has 2 unspecified atom stereocenters. The SMILES string of the molecule is CNC(=O)[C@H]1C[C@@H](O)C[N+]1(C)C1(c2cc(C)ccc2OC)C(=O)Nc2ccc(Cl)cc21. The number of aryl methyl sites for hydroxylation is 1. The van der Waals surface area contributed by atoms with Gasteiger partial charge in [0, 0.05) is 18.5 Å². The van der Waals surface area contributed by atoms with Gasteiger partial charge in [0.15, 0.2) is 6.04 Å². The van der Waals surface area contributed by atoms with E-state index in [0.717, 1.165) is 5.56 Å². The van der Waals surface area contributed by atoms with Crippen LogP contribution < -0.4 is 15.4 Å². The number of likely N-dealkylation sites (N-methyl/N-ethyl adjacent to an activating group) is 2. The standard InChI is InChI=1S/C23H26ClN3O4/c1-13-5-8-20(31-4)17(9-13)23(16-10-14(24)6-7-18(16)26-22(23)30)27(3)12-15(28)11-19(27)21(29)25-2/h5-10,15,19,28H,11-12H2,1-4H3,(H-,25,26,29,30)/p+1/t15-,19-,23?,27?/m1/s1. The molecule has 0 bridgehead atoms. The first kappa shape index (κ1) is 21.6. The number of anilines is 1. The lowest BCUT2D eigenvalue weighted by Crippen LogP contribution is -2.68. The Labute approximate surface area is 186 Å². The van der Waals surface area contributed by atoms with E-state index in [-0.39, 0.29) is 29.3 Å². The van der Waals surface area contributed by atoms with Crippen molar-refractivity contribution < 1.29 is 23.9 Å². The van der Waals surface area contributed by atoms with Crippen LogP contribution in [-0.4, -0.2) is 61.3 Å². The second kappa shape index (κ2) is 7.51. The molecule has 8 heteroatoms. The summed E-state index contributed by atoms with van der Waals surface area (Å²) in [6.45, 7) is 2.16. The van der Waals surface area contributed by atoms with E-state index < -0.39 is 17.7 Å². The molecule has 0 aliphatic carbocycles. The molecule has 2 amide bonds. The van der Waals surface area contributed by atoms with Gasteiger partial charge in [0.25, 0.3) is 11.8 Å². The minimum absolute atomic E-state index is 0.0349. The van der Waals surface area contributed by atoms with Crippen LogP contribution in [0.25, 0.3) is 0 Å². The lowest BCUT2D eigenvalue weighted by atomic mass is 9.78. The monoisotopic (exact) mass is 444 g/mol. The third kappa shape index (κ3) is 2.95. The Morgan fingerprint density at radius 3 is 2.71 bits per heavy atom. The highest BCUT2D eigenvalue weighted by Gasteiger charge is 2.68. The Kier molecular flexibility index (Phi) is 5.24. The largest absolute Gasteiger partial charge is 0.496 e. The predicted octanol–water partition coefficient (Wildman–Crippen LogP) is 2.18. The van der Waals surface area contributed by atoms with Gasteiger partial charge in [0.05, 0.1) is 31.0 Å². The number of quaternary nitrogens is 1.